The molecule has 0 aliphatic heterocycles. The van der Waals surface area contributed by atoms with Crippen molar-refractivity contribution in [1.82, 2.24) is 0 Å². The summed E-state index contributed by atoms with van der Waals surface area (Å²) >= 11 is 4.69. The largest absolute Gasteiger partial charge is 0.0783 e. The molecule has 0 aromatic carbocycles. The predicted octanol–water partition coefficient (Wildman–Crippen LogP) is 3.15. The first-order valence-electron chi connectivity index (χ1n) is 2.11. The Balaban J connectivity index is 3.45. The highest BCUT2D eigenvalue weighted by atomic mass is 127. The fourth-order valence-electron chi connectivity index (χ4n) is 0.316. The first kappa shape index (κ1) is 8.20. The number of hydrogen-bond acceptors (Lipinski definition) is 0. The van der Waals surface area contributed by atoms with Gasteiger partial charge >= 0.3 is 0 Å². The monoisotopic (exact) mass is 322 g/mol. The van der Waals surface area contributed by atoms with Crippen LogP contribution in [0.1, 0.15) is 13.8 Å². The van der Waals surface area contributed by atoms with E-state index < -0.39 is 0 Å². The molecule has 0 saturated heterocycles. The van der Waals surface area contributed by atoms with E-state index in [2.05, 4.69) is 65.1 Å². The van der Waals surface area contributed by atoms with Crippen molar-refractivity contribution in [2.75, 3.05) is 0 Å². The zero-order valence-electron chi connectivity index (χ0n) is 4.41. The lowest BCUT2D eigenvalue weighted by Gasteiger charge is -1.89. The average molecular weight is 322 g/mol. The van der Waals surface area contributed by atoms with Crippen LogP contribution in [0.25, 0.3) is 0 Å². The number of hydrogen-bond donors (Lipinski definition) is 0. The molecule has 0 N–H and O–H groups in total. The molecular formula is C5H8I2. The Bertz CT molecular complexity index is 70.1. The second-order valence-corrected chi connectivity index (χ2v) is 5.10. The van der Waals surface area contributed by atoms with Gasteiger partial charge in [-0.15, -0.1) is 0 Å². The van der Waals surface area contributed by atoms with Gasteiger partial charge in [0.15, 0.2) is 0 Å². The molecule has 0 aromatic rings. The van der Waals surface area contributed by atoms with Crippen LogP contribution in [0.2, 0.25) is 0 Å². The maximum Gasteiger partial charge on any atom is 0.0271 e. The van der Waals surface area contributed by atoms with Gasteiger partial charge in [0.1, 0.15) is 0 Å². The minimum atomic E-state index is 0.675. The first-order valence-corrected chi connectivity index (χ1v) is 4.43. The second-order valence-electron chi connectivity index (χ2n) is 1.43. The Kier molecular flexibility index (Phi) is 4.82. The molecule has 1 unspecified atom stereocenters. The molecule has 0 aliphatic rings. The van der Waals surface area contributed by atoms with Crippen molar-refractivity contribution >= 4 is 45.2 Å². The molecule has 0 nitrogen and oxygen atoms in total. The van der Waals surface area contributed by atoms with Crippen LogP contribution in [0.5, 0.6) is 0 Å². The van der Waals surface area contributed by atoms with E-state index in [-0.39, 0.29) is 0 Å². The van der Waals surface area contributed by atoms with Crippen LogP contribution >= 0.6 is 45.2 Å². The summed E-state index contributed by atoms with van der Waals surface area (Å²) in [5.41, 5.74) is 0. The fraction of sp³-hybridized carbons (Fsp3) is 0.600. The molecule has 2 heteroatoms. The van der Waals surface area contributed by atoms with Gasteiger partial charge in [0, 0.05) is 3.92 Å². The maximum atomic E-state index is 2.38. The molecule has 0 aromatic heterocycles. The standard InChI is InChI=1S/C5H8I2/c1-4(6)3-5(2)7/h3-4H,1-2H3. The van der Waals surface area contributed by atoms with Crippen molar-refractivity contribution in [2.45, 2.75) is 17.8 Å². The zero-order chi connectivity index (χ0) is 5.86. The SMILES string of the molecule is CC(I)=CC(C)I. The smallest absolute Gasteiger partial charge is 0.0271 e. The van der Waals surface area contributed by atoms with Crippen molar-refractivity contribution < 1.29 is 0 Å². The summed E-state index contributed by atoms with van der Waals surface area (Å²) in [5.74, 6) is 0. The molecule has 0 rings (SSSR count). The number of rotatable bonds is 1. The molecule has 0 fully saturated rings. The van der Waals surface area contributed by atoms with Gasteiger partial charge in [0.05, 0.1) is 0 Å². The first-order chi connectivity index (χ1) is 3.13. The Morgan fingerprint density at radius 1 is 1.71 bits per heavy atom. The highest BCUT2D eigenvalue weighted by Gasteiger charge is 1.85. The summed E-state index contributed by atoms with van der Waals surface area (Å²) in [6.07, 6.45) is 2.22. The maximum absolute atomic E-state index is 2.38. The van der Waals surface area contributed by atoms with Gasteiger partial charge in [0.25, 0.3) is 0 Å². The lowest BCUT2D eigenvalue weighted by molar-refractivity contribution is 1.29. The third-order valence-corrected chi connectivity index (χ3v) is 1.18. The normalized spacial score (nSPS) is 16.9. The topological polar surface area (TPSA) is 0 Å². The van der Waals surface area contributed by atoms with Gasteiger partial charge in [0.2, 0.25) is 0 Å². The summed E-state index contributed by atoms with van der Waals surface area (Å²) in [5, 5.41) is 0. The summed E-state index contributed by atoms with van der Waals surface area (Å²) in [6.45, 7) is 4.28. The van der Waals surface area contributed by atoms with E-state index in [1.54, 1.807) is 0 Å². The Labute approximate surface area is 72.0 Å². The minimum absolute atomic E-state index is 0.675. The summed E-state index contributed by atoms with van der Waals surface area (Å²) in [4.78, 5) is 0. The quantitative estimate of drug-likeness (QED) is 0.514. The molecule has 0 radical (unpaired) electrons. The van der Waals surface area contributed by atoms with Gasteiger partial charge in [-0.3, -0.25) is 0 Å². The van der Waals surface area contributed by atoms with Gasteiger partial charge in [-0.05, 0) is 40.0 Å². The van der Waals surface area contributed by atoms with Crippen LogP contribution < -0.4 is 0 Å². The lowest BCUT2D eigenvalue weighted by Crippen LogP contribution is -1.78. The Morgan fingerprint density at radius 3 is 2.14 bits per heavy atom. The van der Waals surface area contributed by atoms with E-state index in [0.717, 1.165) is 0 Å². The molecule has 0 heterocycles. The molecule has 1 atom stereocenters. The molecule has 7 heavy (non-hydrogen) atoms. The molecular weight excluding hydrogens is 314 g/mol. The molecule has 0 spiro atoms. The van der Waals surface area contributed by atoms with Crippen LogP contribution in [0.15, 0.2) is 9.66 Å². The molecule has 42 valence electrons. The van der Waals surface area contributed by atoms with Crippen molar-refractivity contribution in [3.05, 3.63) is 9.66 Å². The Morgan fingerprint density at radius 2 is 2.14 bits per heavy atom. The molecule has 0 bridgehead atoms. The van der Waals surface area contributed by atoms with Gasteiger partial charge < -0.3 is 0 Å². The highest BCUT2D eigenvalue weighted by molar-refractivity contribution is 14.1. The predicted molar refractivity (Wildman–Crippen MR) is 51.3 cm³/mol. The van der Waals surface area contributed by atoms with Gasteiger partial charge in [-0.1, -0.05) is 28.7 Å². The third kappa shape index (κ3) is 7.20. The van der Waals surface area contributed by atoms with E-state index in [1.165, 1.54) is 3.58 Å². The summed E-state index contributed by atoms with van der Waals surface area (Å²) < 4.78 is 2.05. The van der Waals surface area contributed by atoms with Crippen molar-refractivity contribution in [1.29, 1.82) is 0 Å². The minimum Gasteiger partial charge on any atom is -0.0783 e. The van der Waals surface area contributed by atoms with E-state index in [1.807, 2.05) is 0 Å². The number of alkyl halides is 1. The molecule has 0 saturated carbocycles. The van der Waals surface area contributed by atoms with Crippen LogP contribution in [0.3, 0.4) is 0 Å². The number of halogens is 2. The van der Waals surface area contributed by atoms with E-state index in [0.29, 0.717) is 3.92 Å². The van der Waals surface area contributed by atoms with E-state index in [9.17, 15) is 0 Å². The molecule has 0 amide bonds. The van der Waals surface area contributed by atoms with Crippen molar-refractivity contribution in [2.24, 2.45) is 0 Å². The number of allylic oxidation sites excluding steroid dienone is 2. The Hall–Kier alpha value is 1.20. The van der Waals surface area contributed by atoms with Crippen LogP contribution in [-0.2, 0) is 0 Å². The zero-order valence-corrected chi connectivity index (χ0v) is 8.73. The lowest BCUT2D eigenvalue weighted by atomic mass is 10.4. The van der Waals surface area contributed by atoms with Crippen molar-refractivity contribution in [3.8, 4) is 0 Å². The second kappa shape index (κ2) is 4.12. The highest BCUT2D eigenvalue weighted by Crippen LogP contribution is 2.09. The summed E-state index contributed by atoms with van der Waals surface area (Å²) in [6, 6.07) is 0. The van der Waals surface area contributed by atoms with Crippen LogP contribution in [0.4, 0.5) is 0 Å². The van der Waals surface area contributed by atoms with E-state index >= 15 is 0 Å². The van der Waals surface area contributed by atoms with Crippen LogP contribution in [0, 0.1) is 0 Å². The third-order valence-electron chi connectivity index (χ3n) is 0.459. The summed E-state index contributed by atoms with van der Waals surface area (Å²) in [7, 11) is 0. The van der Waals surface area contributed by atoms with E-state index in [4.69, 9.17) is 0 Å². The fourth-order valence-corrected chi connectivity index (χ4v) is 2.08. The van der Waals surface area contributed by atoms with Crippen LogP contribution in [-0.4, -0.2) is 3.92 Å². The average Bonchev–Trinajstić information content (AvgIpc) is 1.27. The van der Waals surface area contributed by atoms with Gasteiger partial charge in [-0.2, -0.15) is 0 Å². The van der Waals surface area contributed by atoms with Crippen molar-refractivity contribution in [3.63, 3.8) is 0 Å². The molecule has 0 aliphatic carbocycles. The van der Waals surface area contributed by atoms with Gasteiger partial charge in [-0.25, -0.2) is 0 Å².